The molecule has 136 valence electrons. The van der Waals surface area contributed by atoms with E-state index in [1.54, 1.807) is 0 Å². The average Bonchev–Trinajstić information content (AvgIpc) is 3.34. The molecule has 0 amide bonds. The highest BCUT2D eigenvalue weighted by molar-refractivity contribution is 5.48. The molecule has 0 radical (unpaired) electrons. The van der Waals surface area contributed by atoms with E-state index in [4.69, 9.17) is 0 Å². The van der Waals surface area contributed by atoms with Crippen LogP contribution >= 0.6 is 0 Å². The largest absolute Gasteiger partial charge is 0.298 e. The molecule has 0 saturated carbocycles. The summed E-state index contributed by atoms with van der Waals surface area (Å²) in [5, 5.41) is 21.8. The van der Waals surface area contributed by atoms with Gasteiger partial charge in [-0.3, -0.25) is 15.0 Å². The van der Waals surface area contributed by atoms with Crippen molar-refractivity contribution < 1.29 is 0 Å². The molecular weight excluding hydrogens is 328 g/mol. The van der Waals surface area contributed by atoms with Crippen LogP contribution in [0, 0.1) is 0 Å². The molecule has 1 aliphatic heterocycles. The van der Waals surface area contributed by atoms with E-state index in [9.17, 15) is 0 Å². The fraction of sp³-hybridized carbons (Fsp3) is 0.500. The fourth-order valence-corrected chi connectivity index (χ4v) is 3.53. The summed E-state index contributed by atoms with van der Waals surface area (Å²) >= 11 is 0. The van der Waals surface area contributed by atoms with Crippen molar-refractivity contribution in [3.63, 3.8) is 0 Å². The van der Waals surface area contributed by atoms with E-state index in [-0.39, 0.29) is 0 Å². The molecule has 0 spiro atoms. The smallest absolute Gasteiger partial charge is 0.222 e. The zero-order valence-electron chi connectivity index (χ0n) is 15.2. The van der Waals surface area contributed by atoms with Crippen LogP contribution in [0.1, 0.15) is 55.5 Å². The number of pyridine rings is 1. The topological polar surface area (TPSA) is 99.3 Å². The second-order valence-corrected chi connectivity index (χ2v) is 7.26. The molecule has 1 saturated heterocycles. The van der Waals surface area contributed by atoms with Crippen LogP contribution in [0.4, 0.5) is 0 Å². The molecule has 8 heteroatoms. The first-order valence-corrected chi connectivity index (χ1v) is 9.15. The lowest BCUT2D eigenvalue weighted by Gasteiger charge is -2.32. The summed E-state index contributed by atoms with van der Waals surface area (Å²) in [6.45, 7) is 7.41. The molecule has 1 atom stereocenters. The van der Waals surface area contributed by atoms with Crippen LogP contribution in [-0.2, 0) is 6.54 Å². The summed E-state index contributed by atoms with van der Waals surface area (Å²) in [5.41, 5.74) is 4.38. The van der Waals surface area contributed by atoms with Gasteiger partial charge in [0.2, 0.25) is 5.82 Å². The van der Waals surface area contributed by atoms with Gasteiger partial charge in [0.1, 0.15) is 5.69 Å². The SMILES string of the molecule is CC(C)c1cc(C2CCCN(Cc3ccnc(-c4nn[nH]n4)c3)C2)[nH]n1. The van der Waals surface area contributed by atoms with Gasteiger partial charge in [0.05, 0.1) is 5.69 Å². The monoisotopic (exact) mass is 352 g/mol. The van der Waals surface area contributed by atoms with Crippen molar-refractivity contribution >= 4 is 0 Å². The third kappa shape index (κ3) is 3.65. The second kappa shape index (κ2) is 7.33. The number of rotatable bonds is 5. The van der Waals surface area contributed by atoms with Crippen molar-refractivity contribution in [2.24, 2.45) is 0 Å². The van der Waals surface area contributed by atoms with Crippen molar-refractivity contribution in [3.8, 4) is 11.5 Å². The van der Waals surface area contributed by atoms with Crippen LogP contribution in [0.2, 0.25) is 0 Å². The van der Waals surface area contributed by atoms with Gasteiger partial charge in [-0.05, 0) is 54.3 Å². The third-order valence-electron chi connectivity index (χ3n) is 4.96. The van der Waals surface area contributed by atoms with E-state index < -0.39 is 0 Å². The quantitative estimate of drug-likeness (QED) is 0.732. The number of aromatic nitrogens is 7. The number of nitrogens with zero attached hydrogens (tertiary/aromatic N) is 6. The molecule has 1 unspecified atom stereocenters. The predicted octanol–water partition coefficient (Wildman–Crippen LogP) is 2.49. The third-order valence-corrected chi connectivity index (χ3v) is 4.96. The molecule has 0 aromatic carbocycles. The fourth-order valence-electron chi connectivity index (χ4n) is 3.53. The van der Waals surface area contributed by atoms with E-state index >= 15 is 0 Å². The lowest BCUT2D eigenvalue weighted by molar-refractivity contribution is 0.198. The lowest BCUT2D eigenvalue weighted by Crippen LogP contribution is -2.34. The van der Waals surface area contributed by atoms with Crippen molar-refractivity contribution in [1.82, 2.24) is 40.7 Å². The van der Waals surface area contributed by atoms with Crippen LogP contribution in [0.15, 0.2) is 24.4 Å². The van der Waals surface area contributed by atoms with E-state index in [2.05, 4.69) is 66.7 Å². The van der Waals surface area contributed by atoms with Crippen LogP contribution in [0.25, 0.3) is 11.5 Å². The molecule has 1 fully saturated rings. The number of hydrogen-bond acceptors (Lipinski definition) is 6. The van der Waals surface area contributed by atoms with Crippen LogP contribution in [-0.4, -0.2) is 53.8 Å². The minimum atomic E-state index is 0.458. The van der Waals surface area contributed by atoms with Crippen molar-refractivity contribution in [1.29, 1.82) is 0 Å². The maximum absolute atomic E-state index is 4.47. The summed E-state index contributed by atoms with van der Waals surface area (Å²) in [6, 6.07) is 6.33. The Labute approximate surface area is 152 Å². The number of H-pyrrole nitrogens is 2. The second-order valence-electron chi connectivity index (χ2n) is 7.26. The molecule has 3 aromatic heterocycles. The summed E-state index contributed by atoms with van der Waals surface area (Å²) in [5.74, 6) is 1.50. The standard InChI is InChI=1S/C18H24N8/c1-12(2)15-9-16(21-20-15)14-4-3-7-26(11-14)10-13-5-6-19-17(8-13)18-22-24-25-23-18/h5-6,8-9,12,14H,3-4,7,10-11H2,1-2H3,(H,20,21)(H,22,23,24,25). The van der Waals surface area contributed by atoms with Crippen LogP contribution in [0.3, 0.4) is 0 Å². The minimum absolute atomic E-state index is 0.458. The lowest BCUT2D eigenvalue weighted by atomic mass is 9.94. The summed E-state index contributed by atoms with van der Waals surface area (Å²) in [7, 11) is 0. The molecule has 1 aliphatic rings. The van der Waals surface area contributed by atoms with Gasteiger partial charge in [0.25, 0.3) is 0 Å². The summed E-state index contributed by atoms with van der Waals surface area (Å²) in [4.78, 5) is 6.84. The molecule has 8 nitrogen and oxygen atoms in total. The number of piperidine rings is 1. The molecule has 2 N–H and O–H groups in total. The van der Waals surface area contributed by atoms with Gasteiger partial charge < -0.3 is 0 Å². The van der Waals surface area contributed by atoms with Gasteiger partial charge in [-0.2, -0.15) is 10.3 Å². The Balaban J connectivity index is 1.44. The number of aromatic amines is 2. The Hall–Kier alpha value is -2.61. The maximum atomic E-state index is 4.47. The molecule has 4 rings (SSSR count). The Morgan fingerprint density at radius 2 is 2.19 bits per heavy atom. The number of likely N-dealkylation sites (tertiary alicyclic amines) is 1. The van der Waals surface area contributed by atoms with E-state index in [0.29, 0.717) is 17.7 Å². The molecule has 0 aliphatic carbocycles. The van der Waals surface area contributed by atoms with Crippen molar-refractivity contribution in [2.75, 3.05) is 13.1 Å². The minimum Gasteiger partial charge on any atom is -0.298 e. The first-order valence-electron chi connectivity index (χ1n) is 9.15. The number of tetrazole rings is 1. The Bertz CT molecular complexity index is 839. The van der Waals surface area contributed by atoms with Gasteiger partial charge in [-0.1, -0.05) is 13.8 Å². The molecular formula is C18H24N8. The maximum Gasteiger partial charge on any atom is 0.222 e. The van der Waals surface area contributed by atoms with E-state index in [0.717, 1.165) is 31.0 Å². The van der Waals surface area contributed by atoms with Crippen LogP contribution in [0.5, 0.6) is 0 Å². The van der Waals surface area contributed by atoms with Gasteiger partial charge in [-0.15, -0.1) is 10.2 Å². The molecule has 3 aromatic rings. The Morgan fingerprint density at radius 3 is 2.96 bits per heavy atom. The molecule has 0 bridgehead atoms. The highest BCUT2D eigenvalue weighted by Gasteiger charge is 2.23. The Morgan fingerprint density at radius 1 is 1.27 bits per heavy atom. The van der Waals surface area contributed by atoms with Gasteiger partial charge in [-0.25, -0.2) is 0 Å². The van der Waals surface area contributed by atoms with Crippen molar-refractivity contribution in [3.05, 3.63) is 41.3 Å². The summed E-state index contributed by atoms with van der Waals surface area (Å²) in [6.07, 6.45) is 4.22. The number of hydrogen-bond donors (Lipinski definition) is 2. The first-order chi connectivity index (χ1) is 12.7. The van der Waals surface area contributed by atoms with Gasteiger partial charge in [0, 0.05) is 30.9 Å². The van der Waals surface area contributed by atoms with E-state index in [1.807, 2.05) is 12.3 Å². The average molecular weight is 352 g/mol. The first kappa shape index (κ1) is 16.8. The van der Waals surface area contributed by atoms with Gasteiger partial charge in [0.15, 0.2) is 0 Å². The van der Waals surface area contributed by atoms with Crippen molar-refractivity contribution in [2.45, 2.75) is 45.1 Å². The zero-order chi connectivity index (χ0) is 17.9. The van der Waals surface area contributed by atoms with E-state index in [1.165, 1.54) is 24.1 Å². The highest BCUT2D eigenvalue weighted by atomic mass is 15.5. The normalized spacial score (nSPS) is 18.5. The molecule has 26 heavy (non-hydrogen) atoms. The number of nitrogens with one attached hydrogen (secondary N) is 2. The highest BCUT2D eigenvalue weighted by Crippen LogP contribution is 2.28. The van der Waals surface area contributed by atoms with Crippen LogP contribution < -0.4 is 0 Å². The predicted molar refractivity (Wildman–Crippen MR) is 97.3 cm³/mol. The zero-order valence-corrected chi connectivity index (χ0v) is 15.2. The Kier molecular flexibility index (Phi) is 4.75. The summed E-state index contributed by atoms with van der Waals surface area (Å²) < 4.78 is 0. The molecule has 4 heterocycles. The van der Waals surface area contributed by atoms with Gasteiger partial charge >= 0.3 is 0 Å².